The van der Waals surface area contributed by atoms with Crippen molar-refractivity contribution in [2.24, 2.45) is 5.10 Å². The summed E-state index contributed by atoms with van der Waals surface area (Å²) in [4.78, 5) is 43.5. The van der Waals surface area contributed by atoms with Crippen molar-refractivity contribution in [3.63, 3.8) is 0 Å². The Kier molecular flexibility index (Phi) is 6.62. The summed E-state index contributed by atoms with van der Waals surface area (Å²) in [5, 5.41) is 6.66. The average molecular weight is 519 g/mol. The number of aromatic nitrogens is 2. The van der Waals surface area contributed by atoms with Crippen LogP contribution in [0, 0.1) is 6.92 Å². The molecule has 1 unspecified atom stereocenters. The molecule has 0 saturated heterocycles. The van der Waals surface area contributed by atoms with Gasteiger partial charge in [-0.2, -0.15) is 5.10 Å². The van der Waals surface area contributed by atoms with Crippen molar-refractivity contribution in [1.29, 1.82) is 0 Å². The van der Waals surface area contributed by atoms with Crippen LogP contribution in [0.2, 0.25) is 5.02 Å². The molecule has 9 nitrogen and oxygen atoms in total. The molecule has 0 bridgehead atoms. The lowest BCUT2D eigenvalue weighted by molar-refractivity contribution is -0.136. The number of fused-ring (bicyclic) bond motifs is 1. The molecule has 3 aromatic heterocycles. The van der Waals surface area contributed by atoms with E-state index in [0.29, 0.717) is 40.5 Å². The summed E-state index contributed by atoms with van der Waals surface area (Å²) < 4.78 is 12.5. The Hall–Kier alpha value is -4.24. The number of carbonyl (C=O) groups excluding carboxylic acids is 2. The Labute approximate surface area is 216 Å². The van der Waals surface area contributed by atoms with Crippen molar-refractivity contribution < 1.29 is 18.7 Å². The first-order chi connectivity index (χ1) is 17.9. The quantitative estimate of drug-likeness (QED) is 0.348. The van der Waals surface area contributed by atoms with Crippen LogP contribution in [0.15, 0.2) is 75.3 Å². The van der Waals surface area contributed by atoms with E-state index < -0.39 is 30.0 Å². The third-order valence-corrected chi connectivity index (χ3v) is 6.41. The number of carbonyl (C=O) groups is 2. The molecule has 4 heterocycles. The zero-order chi connectivity index (χ0) is 26.1. The molecule has 188 valence electrons. The second-order valence-electron chi connectivity index (χ2n) is 8.59. The number of nitrogens with zero attached hydrogens (tertiary/aromatic N) is 4. The third-order valence-electron chi connectivity index (χ3n) is 6.16. The highest BCUT2D eigenvalue weighted by Crippen LogP contribution is 2.33. The van der Waals surface area contributed by atoms with Crippen LogP contribution in [0.4, 0.5) is 0 Å². The number of hydrogen-bond donors (Lipinski definition) is 0. The molecule has 0 N–H and O–H groups in total. The largest absolute Gasteiger partial charge is 0.467 e. The van der Waals surface area contributed by atoms with Crippen molar-refractivity contribution in [3.8, 4) is 0 Å². The molecule has 4 aromatic rings. The van der Waals surface area contributed by atoms with Gasteiger partial charge in [-0.15, -0.1) is 0 Å². The van der Waals surface area contributed by atoms with Crippen molar-refractivity contribution in [2.45, 2.75) is 32.9 Å². The van der Waals surface area contributed by atoms with Crippen molar-refractivity contribution >= 4 is 40.2 Å². The van der Waals surface area contributed by atoms with Crippen molar-refractivity contribution in [3.05, 3.63) is 98.8 Å². The second-order valence-corrected chi connectivity index (χ2v) is 9.02. The summed E-state index contributed by atoms with van der Waals surface area (Å²) in [5.41, 5.74) is 2.06. The molecular weight excluding hydrogens is 496 g/mol. The lowest BCUT2D eigenvalue weighted by Gasteiger charge is -2.19. The first-order valence-corrected chi connectivity index (χ1v) is 12.1. The molecule has 1 aromatic carbocycles. The maximum absolute atomic E-state index is 13.2. The van der Waals surface area contributed by atoms with Gasteiger partial charge in [-0.1, -0.05) is 23.7 Å². The van der Waals surface area contributed by atoms with Crippen molar-refractivity contribution in [2.75, 3.05) is 6.61 Å². The zero-order valence-corrected chi connectivity index (χ0v) is 20.9. The minimum absolute atomic E-state index is 0.165. The summed E-state index contributed by atoms with van der Waals surface area (Å²) in [6.45, 7) is 3.61. The lowest BCUT2D eigenvalue weighted by atomic mass is 10.0. The lowest BCUT2D eigenvalue weighted by Crippen LogP contribution is -2.32. The molecule has 0 aliphatic carbocycles. The summed E-state index contributed by atoms with van der Waals surface area (Å²) in [5.74, 6) is -0.887. The summed E-state index contributed by atoms with van der Waals surface area (Å²) in [6, 6.07) is 13.5. The van der Waals surface area contributed by atoms with Gasteiger partial charge >= 0.3 is 5.97 Å². The summed E-state index contributed by atoms with van der Waals surface area (Å²) in [6.07, 6.45) is 3.35. The van der Waals surface area contributed by atoms with E-state index in [1.54, 1.807) is 41.0 Å². The topological polar surface area (TPSA) is 107 Å². The normalized spacial score (nSPS) is 15.2. The number of amides is 1. The maximum atomic E-state index is 13.2. The van der Waals surface area contributed by atoms with Gasteiger partial charge in [-0.25, -0.2) is 14.8 Å². The molecule has 0 spiro atoms. The maximum Gasteiger partial charge on any atom is 0.344 e. The van der Waals surface area contributed by atoms with Crippen LogP contribution in [0.1, 0.15) is 46.8 Å². The average Bonchev–Trinajstić information content (AvgIpc) is 3.58. The second kappa shape index (κ2) is 10.0. The van der Waals surface area contributed by atoms with Gasteiger partial charge in [-0.3, -0.25) is 9.59 Å². The molecule has 10 heteroatoms. The van der Waals surface area contributed by atoms with Gasteiger partial charge < -0.3 is 13.7 Å². The molecule has 1 amide bonds. The molecule has 37 heavy (non-hydrogen) atoms. The van der Waals surface area contributed by atoms with E-state index in [-0.39, 0.29) is 5.56 Å². The molecule has 5 rings (SSSR count). The van der Waals surface area contributed by atoms with Crippen LogP contribution in [0.25, 0.3) is 11.0 Å². The molecule has 0 fully saturated rings. The number of hydrazone groups is 1. The number of furan rings is 1. The number of hydrogen-bond acceptors (Lipinski definition) is 7. The van der Waals surface area contributed by atoms with Gasteiger partial charge in [0.25, 0.3) is 5.91 Å². The molecule has 0 radical (unpaired) electrons. The monoisotopic (exact) mass is 518 g/mol. The van der Waals surface area contributed by atoms with Crippen LogP contribution in [-0.4, -0.2) is 38.8 Å². The predicted octanol–water partition coefficient (Wildman–Crippen LogP) is 4.51. The Bertz CT molecular complexity index is 1580. The number of halogens is 1. The number of aryl methyl sites for hydroxylation is 2. The summed E-state index contributed by atoms with van der Waals surface area (Å²) in [7, 11) is 0. The van der Waals surface area contributed by atoms with Gasteiger partial charge in [0.15, 0.2) is 6.61 Å². The number of esters is 1. The minimum atomic E-state index is -0.890. The van der Waals surface area contributed by atoms with E-state index in [1.165, 1.54) is 17.5 Å². The molecule has 1 aliphatic rings. The highest BCUT2D eigenvalue weighted by Gasteiger charge is 2.35. The molecular formula is C27H23ClN4O5. The smallest absolute Gasteiger partial charge is 0.344 e. The Morgan fingerprint density at radius 3 is 2.65 bits per heavy atom. The Morgan fingerprint density at radius 2 is 1.95 bits per heavy atom. The Balaban J connectivity index is 1.38. The van der Waals surface area contributed by atoms with Gasteiger partial charge in [0.05, 0.1) is 17.4 Å². The highest BCUT2D eigenvalue weighted by molar-refractivity contribution is 6.30. The van der Waals surface area contributed by atoms with Crippen LogP contribution in [0.5, 0.6) is 0 Å². The fourth-order valence-corrected chi connectivity index (χ4v) is 4.40. The summed E-state index contributed by atoms with van der Waals surface area (Å²) >= 11 is 6.00. The van der Waals surface area contributed by atoms with Crippen molar-refractivity contribution in [1.82, 2.24) is 14.6 Å². The van der Waals surface area contributed by atoms with Gasteiger partial charge in [0, 0.05) is 29.9 Å². The standard InChI is InChI=1S/C27H23ClN4O5/c1-3-31-14-20(25(34)19-11-6-16(2)29-26(19)31)27(35)37-15-24(33)32-22(23-5-4-12-36-23)13-21(30-32)17-7-9-18(28)10-8-17/h4-12,14,22H,3,13,15H2,1-2H3. The third kappa shape index (κ3) is 4.77. The van der Waals surface area contributed by atoms with Crippen LogP contribution >= 0.6 is 11.6 Å². The van der Waals surface area contributed by atoms with E-state index in [9.17, 15) is 14.4 Å². The van der Waals surface area contributed by atoms with Gasteiger partial charge in [0.1, 0.15) is 23.0 Å². The van der Waals surface area contributed by atoms with Gasteiger partial charge in [-0.05, 0) is 55.8 Å². The van der Waals surface area contributed by atoms with E-state index in [2.05, 4.69) is 10.1 Å². The minimum Gasteiger partial charge on any atom is -0.467 e. The predicted molar refractivity (Wildman–Crippen MR) is 138 cm³/mol. The van der Waals surface area contributed by atoms with E-state index >= 15 is 0 Å². The number of rotatable bonds is 6. The van der Waals surface area contributed by atoms with E-state index in [1.807, 2.05) is 26.0 Å². The van der Waals surface area contributed by atoms with Crippen LogP contribution < -0.4 is 5.43 Å². The van der Waals surface area contributed by atoms with E-state index in [0.717, 1.165) is 11.3 Å². The zero-order valence-electron chi connectivity index (χ0n) is 20.2. The fraction of sp³-hybridized carbons (Fsp3) is 0.222. The fourth-order valence-electron chi connectivity index (χ4n) is 4.28. The molecule has 1 atom stereocenters. The van der Waals surface area contributed by atoms with Crippen LogP contribution in [-0.2, 0) is 16.1 Å². The van der Waals surface area contributed by atoms with E-state index in [4.69, 9.17) is 20.8 Å². The molecule has 0 saturated carbocycles. The first-order valence-electron chi connectivity index (χ1n) is 11.7. The number of ether oxygens (including phenoxy) is 1. The first kappa shape index (κ1) is 24.5. The van der Waals surface area contributed by atoms with Crippen LogP contribution in [0.3, 0.4) is 0 Å². The number of benzene rings is 1. The molecule has 1 aliphatic heterocycles. The Morgan fingerprint density at radius 1 is 1.16 bits per heavy atom. The number of pyridine rings is 2. The SMILES string of the molecule is CCn1cc(C(=O)OCC(=O)N2N=C(c3ccc(Cl)cc3)CC2c2ccco2)c(=O)c2ccc(C)nc21. The van der Waals surface area contributed by atoms with Gasteiger partial charge in [0.2, 0.25) is 5.43 Å². The highest BCUT2D eigenvalue weighted by atomic mass is 35.5.